The number of aromatic amines is 1. The highest BCUT2D eigenvalue weighted by Crippen LogP contribution is 2.43. The van der Waals surface area contributed by atoms with E-state index >= 15 is 0 Å². The summed E-state index contributed by atoms with van der Waals surface area (Å²) in [4.78, 5) is 7.71. The van der Waals surface area contributed by atoms with E-state index in [2.05, 4.69) is 9.97 Å². The Morgan fingerprint density at radius 2 is 1.79 bits per heavy atom. The highest BCUT2D eigenvalue weighted by molar-refractivity contribution is 6.08. The van der Waals surface area contributed by atoms with Crippen molar-refractivity contribution in [2.24, 2.45) is 5.92 Å². The zero-order valence-electron chi connectivity index (χ0n) is 14.8. The Bertz CT molecular complexity index is 1190. The number of hydrogen-bond donors (Lipinski definition) is 2. The summed E-state index contributed by atoms with van der Waals surface area (Å²) in [5.41, 5.74) is 4.86. The molecular weight excluding hydrogens is 365 g/mol. The monoisotopic (exact) mass is 382 g/mol. The molecule has 4 aromatic rings. The normalized spacial score (nSPS) is 17.2. The number of aromatic hydroxyl groups is 1. The van der Waals surface area contributed by atoms with Crippen LogP contribution in [0, 0.1) is 5.92 Å². The van der Waals surface area contributed by atoms with Crippen LogP contribution in [-0.2, 0) is 12.8 Å². The van der Waals surface area contributed by atoms with Crippen molar-refractivity contribution >= 4 is 21.8 Å². The van der Waals surface area contributed by atoms with Crippen LogP contribution in [0.4, 0.5) is 13.2 Å². The second kappa shape index (κ2) is 5.99. The minimum Gasteiger partial charge on any atom is -0.508 e. The first kappa shape index (κ1) is 17.1. The summed E-state index contributed by atoms with van der Waals surface area (Å²) in [7, 11) is 0. The number of fused-ring (bicyclic) bond motifs is 5. The van der Waals surface area contributed by atoms with Crippen molar-refractivity contribution in [3.63, 3.8) is 0 Å². The van der Waals surface area contributed by atoms with Gasteiger partial charge in [-0.1, -0.05) is 0 Å². The van der Waals surface area contributed by atoms with E-state index in [1.807, 2.05) is 18.2 Å². The zero-order chi connectivity index (χ0) is 19.5. The molecule has 2 aromatic heterocycles. The molecule has 28 heavy (non-hydrogen) atoms. The second-order valence-corrected chi connectivity index (χ2v) is 7.35. The Morgan fingerprint density at radius 1 is 1.00 bits per heavy atom. The molecule has 0 radical (unpaired) electrons. The number of pyridine rings is 1. The van der Waals surface area contributed by atoms with E-state index in [1.54, 1.807) is 30.5 Å². The van der Waals surface area contributed by atoms with Gasteiger partial charge in [0.25, 0.3) is 0 Å². The number of benzene rings is 2. The predicted octanol–water partition coefficient (Wildman–Crippen LogP) is 5.76. The Morgan fingerprint density at radius 3 is 2.54 bits per heavy atom. The van der Waals surface area contributed by atoms with Crippen molar-refractivity contribution in [3.05, 3.63) is 59.8 Å². The lowest BCUT2D eigenvalue weighted by atomic mass is 9.79. The van der Waals surface area contributed by atoms with Crippen molar-refractivity contribution in [1.29, 1.82) is 0 Å². The van der Waals surface area contributed by atoms with E-state index < -0.39 is 12.1 Å². The summed E-state index contributed by atoms with van der Waals surface area (Å²) in [6.45, 7) is 0. The number of halogens is 3. The molecule has 1 aliphatic rings. The summed E-state index contributed by atoms with van der Waals surface area (Å²) >= 11 is 0. The molecule has 0 bridgehead atoms. The summed E-state index contributed by atoms with van der Waals surface area (Å²) in [6, 6.07) is 12.3. The first-order chi connectivity index (χ1) is 13.4. The Balaban J connectivity index is 1.82. The fourth-order valence-electron chi connectivity index (χ4n) is 4.35. The predicted molar refractivity (Wildman–Crippen MR) is 102 cm³/mol. The fourth-order valence-corrected chi connectivity index (χ4v) is 4.35. The van der Waals surface area contributed by atoms with Crippen molar-refractivity contribution in [3.8, 4) is 17.0 Å². The molecule has 0 amide bonds. The SMILES string of the molecule is Oc1ccc(-c2[nH]c3ccc4nccc4c3c3c2CC(C(F)(F)F)CC3)cc1. The van der Waals surface area contributed by atoms with Gasteiger partial charge in [0.15, 0.2) is 0 Å². The van der Waals surface area contributed by atoms with E-state index in [4.69, 9.17) is 0 Å². The number of nitrogens with zero attached hydrogens (tertiary/aromatic N) is 1. The van der Waals surface area contributed by atoms with E-state index in [-0.39, 0.29) is 18.6 Å². The highest BCUT2D eigenvalue weighted by atomic mass is 19.4. The number of nitrogens with one attached hydrogen (secondary N) is 1. The van der Waals surface area contributed by atoms with Gasteiger partial charge >= 0.3 is 6.18 Å². The van der Waals surface area contributed by atoms with E-state index in [0.29, 0.717) is 17.7 Å². The molecule has 3 nitrogen and oxygen atoms in total. The summed E-state index contributed by atoms with van der Waals surface area (Å²) < 4.78 is 40.5. The number of rotatable bonds is 1. The van der Waals surface area contributed by atoms with Gasteiger partial charge in [-0.15, -0.1) is 0 Å². The molecule has 6 heteroatoms. The smallest absolute Gasteiger partial charge is 0.392 e. The zero-order valence-corrected chi connectivity index (χ0v) is 14.8. The molecule has 1 aliphatic carbocycles. The van der Waals surface area contributed by atoms with Gasteiger partial charge in [-0.25, -0.2) is 0 Å². The molecule has 0 saturated carbocycles. The summed E-state index contributed by atoms with van der Waals surface area (Å²) in [5, 5.41) is 11.5. The van der Waals surface area contributed by atoms with Gasteiger partial charge in [0.05, 0.1) is 11.4 Å². The maximum atomic E-state index is 13.5. The van der Waals surface area contributed by atoms with E-state index in [1.165, 1.54) is 0 Å². The summed E-state index contributed by atoms with van der Waals surface area (Å²) in [6.07, 6.45) is -2.07. The van der Waals surface area contributed by atoms with Crippen LogP contribution in [0.25, 0.3) is 33.1 Å². The molecule has 1 atom stereocenters. The molecule has 2 heterocycles. The van der Waals surface area contributed by atoms with Gasteiger partial charge in [-0.2, -0.15) is 13.2 Å². The molecule has 0 aliphatic heterocycles. The first-order valence-corrected chi connectivity index (χ1v) is 9.19. The van der Waals surface area contributed by atoms with Crippen LogP contribution in [-0.4, -0.2) is 21.3 Å². The molecule has 0 fully saturated rings. The number of alkyl halides is 3. The third kappa shape index (κ3) is 2.63. The molecular formula is C22H17F3N2O. The van der Waals surface area contributed by atoms with Crippen LogP contribution < -0.4 is 0 Å². The summed E-state index contributed by atoms with van der Waals surface area (Å²) in [5.74, 6) is -1.23. The van der Waals surface area contributed by atoms with E-state index in [0.717, 1.165) is 32.9 Å². The molecule has 142 valence electrons. The first-order valence-electron chi connectivity index (χ1n) is 9.19. The lowest BCUT2D eigenvalue weighted by molar-refractivity contribution is -0.177. The average molecular weight is 382 g/mol. The standard InChI is InChI=1S/C22H17F3N2O/c23-22(24,25)13-3-6-15-17(11-13)21(12-1-4-14(28)5-2-12)27-19-8-7-18-16(20(15)19)9-10-26-18/h1-2,4-5,7-10,13,27-28H,3,6,11H2. The van der Waals surface area contributed by atoms with Crippen LogP contribution in [0.15, 0.2) is 48.7 Å². The molecule has 2 aromatic carbocycles. The topological polar surface area (TPSA) is 48.9 Å². The second-order valence-electron chi connectivity index (χ2n) is 7.35. The lowest BCUT2D eigenvalue weighted by Crippen LogP contribution is -2.29. The average Bonchev–Trinajstić information content (AvgIpc) is 3.15. The number of H-pyrrole nitrogens is 1. The molecule has 1 unspecified atom stereocenters. The number of aryl methyl sites for hydroxylation is 1. The Labute approximate surface area is 158 Å². The Kier molecular flexibility index (Phi) is 3.66. The van der Waals surface area contributed by atoms with Crippen LogP contribution >= 0.6 is 0 Å². The molecule has 2 N–H and O–H groups in total. The lowest BCUT2D eigenvalue weighted by Gasteiger charge is -2.29. The molecule has 5 rings (SSSR count). The highest BCUT2D eigenvalue weighted by Gasteiger charge is 2.42. The van der Waals surface area contributed by atoms with Gasteiger partial charge in [0.1, 0.15) is 5.75 Å². The van der Waals surface area contributed by atoms with E-state index in [9.17, 15) is 18.3 Å². The van der Waals surface area contributed by atoms with Crippen molar-refractivity contribution in [2.75, 3.05) is 0 Å². The van der Waals surface area contributed by atoms with Gasteiger partial charge in [0.2, 0.25) is 0 Å². The number of phenols is 1. The third-order valence-electron chi connectivity index (χ3n) is 5.72. The van der Waals surface area contributed by atoms with Crippen LogP contribution in [0.3, 0.4) is 0 Å². The fraction of sp³-hybridized carbons (Fsp3) is 0.227. The molecule has 0 saturated heterocycles. The number of aromatic nitrogens is 2. The van der Waals surface area contributed by atoms with Crippen LogP contribution in [0.1, 0.15) is 17.5 Å². The maximum Gasteiger partial charge on any atom is 0.392 e. The van der Waals surface area contributed by atoms with Gasteiger partial charge in [-0.3, -0.25) is 4.98 Å². The number of phenolic OH excluding ortho intramolecular Hbond substituents is 1. The minimum absolute atomic E-state index is 0.0496. The van der Waals surface area contributed by atoms with Crippen molar-refractivity contribution in [2.45, 2.75) is 25.4 Å². The van der Waals surface area contributed by atoms with Crippen molar-refractivity contribution in [1.82, 2.24) is 9.97 Å². The van der Waals surface area contributed by atoms with Gasteiger partial charge in [0, 0.05) is 28.2 Å². The van der Waals surface area contributed by atoms with Gasteiger partial charge in [-0.05, 0) is 78.4 Å². The maximum absolute atomic E-state index is 13.5. The van der Waals surface area contributed by atoms with Crippen LogP contribution in [0.5, 0.6) is 5.75 Å². The quantitative estimate of drug-likeness (QED) is 0.440. The Hall–Kier alpha value is -3.02. The largest absolute Gasteiger partial charge is 0.508 e. The third-order valence-corrected chi connectivity index (χ3v) is 5.72. The van der Waals surface area contributed by atoms with Crippen LogP contribution in [0.2, 0.25) is 0 Å². The number of hydrogen-bond acceptors (Lipinski definition) is 2. The molecule has 0 spiro atoms. The van der Waals surface area contributed by atoms with Gasteiger partial charge < -0.3 is 10.1 Å². The minimum atomic E-state index is -4.22. The van der Waals surface area contributed by atoms with Crippen molar-refractivity contribution < 1.29 is 18.3 Å².